The van der Waals surface area contributed by atoms with Crippen molar-refractivity contribution in [2.75, 3.05) is 13.1 Å². The Balaban J connectivity index is 2.03. The van der Waals surface area contributed by atoms with Crippen molar-refractivity contribution >= 4 is 5.78 Å². The van der Waals surface area contributed by atoms with Crippen LogP contribution in [-0.2, 0) is 4.79 Å². The van der Waals surface area contributed by atoms with Gasteiger partial charge in [-0.1, -0.05) is 12.0 Å². The Morgan fingerprint density at radius 2 is 2.36 bits per heavy atom. The molecule has 0 aliphatic carbocycles. The molecule has 1 unspecified atom stereocenters. The van der Waals surface area contributed by atoms with Crippen LogP contribution in [0.4, 0.5) is 0 Å². The Hall–Kier alpha value is -1.70. The van der Waals surface area contributed by atoms with Crippen LogP contribution in [0.3, 0.4) is 0 Å². The van der Waals surface area contributed by atoms with Gasteiger partial charge in [0.05, 0.1) is 6.54 Å². The Morgan fingerprint density at radius 1 is 1.55 bits per heavy atom. The topological polar surface area (TPSA) is 54.6 Å². The van der Waals surface area contributed by atoms with Crippen molar-refractivity contribution in [3.63, 3.8) is 0 Å². The van der Waals surface area contributed by atoms with E-state index in [2.05, 4.69) is 22.9 Å². The maximum atomic E-state index is 11.1. The zero-order chi connectivity index (χ0) is 16.0. The number of aromatic nitrogens is 1. The van der Waals surface area contributed by atoms with Crippen molar-refractivity contribution in [2.45, 2.75) is 51.2 Å². The molecule has 4 heteroatoms. The molecule has 4 nitrogen and oxygen atoms in total. The van der Waals surface area contributed by atoms with Crippen LogP contribution >= 0.6 is 0 Å². The van der Waals surface area contributed by atoms with Crippen molar-refractivity contribution in [3.05, 3.63) is 30.1 Å². The summed E-state index contributed by atoms with van der Waals surface area (Å²) in [7, 11) is 0. The lowest BCUT2D eigenvalue weighted by Gasteiger charge is -2.31. The van der Waals surface area contributed by atoms with Crippen molar-refractivity contribution in [1.29, 1.82) is 0 Å². The number of pyridine rings is 1. The number of quaternary nitrogens is 1. The average molecular weight is 301 g/mol. The number of nitrogens with one attached hydrogen (secondary N) is 1. The number of rotatable bonds is 4. The number of likely N-dealkylation sites (tertiary alicyclic amines) is 1. The Morgan fingerprint density at radius 3 is 3.05 bits per heavy atom. The molecule has 2 heterocycles. The first-order valence-electron chi connectivity index (χ1n) is 7.94. The highest BCUT2D eigenvalue weighted by Gasteiger charge is 2.27. The van der Waals surface area contributed by atoms with Crippen LogP contribution in [0.25, 0.3) is 0 Å². The SMILES string of the molecule is CC(=O)C[C@](C)(O)C#CC[NH+]1CCCC[C@@H]1c1cccnc1. The van der Waals surface area contributed by atoms with Gasteiger partial charge in [-0.2, -0.15) is 0 Å². The average Bonchev–Trinajstić information content (AvgIpc) is 2.47. The van der Waals surface area contributed by atoms with Crippen LogP contribution in [-0.4, -0.2) is 34.6 Å². The second-order valence-electron chi connectivity index (χ2n) is 6.37. The zero-order valence-electron chi connectivity index (χ0n) is 13.4. The van der Waals surface area contributed by atoms with Gasteiger partial charge in [0.1, 0.15) is 24.0 Å². The summed E-state index contributed by atoms with van der Waals surface area (Å²) in [6.45, 7) is 4.85. The molecular formula is C18H25N2O2+. The normalized spacial score (nSPS) is 24.0. The monoisotopic (exact) mass is 301 g/mol. The molecule has 1 aliphatic rings. The van der Waals surface area contributed by atoms with Gasteiger partial charge in [-0.05, 0) is 38.7 Å². The van der Waals surface area contributed by atoms with Gasteiger partial charge in [0.15, 0.2) is 0 Å². The molecule has 3 atom stereocenters. The van der Waals surface area contributed by atoms with Crippen LogP contribution < -0.4 is 4.90 Å². The highest BCUT2D eigenvalue weighted by Crippen LogP contribution is 2.18. The second-order valence-corrected chi connectivity index (χ2v) is 6.37. The van der Waals surface area contributed by atoms with Crippen LogP contribution in [0.1, 0.15) is 51.1 Å². The molecule has 1 fully saturated rings. The summed E-state index contributed by atoms with van der Waals surface area (Å²) in [5, 5.41) is 10.1. The number of aliphatic hydroxyl groups is 1. The third kappa shape index (κ3) is 4.94. The van der Waals surface area contributed by atoms with E-state index in [1.54, 1.807) is 13.1 Å². The van der Waals surface area contributed by atoms with Gasteiger partial charge in [-0.15, -0.1) is 0 Å². The minimum absolute atomic E-state index is 0.0437. The lowest BCUT2D eigenvalue weighted by Crippen LogP contribution is -3.13. The predicted octanol–water partition coefficient (Wildman–Crippen LogP) is 0.925. The molecule has 0 spiro atoms. The van der Waals surface area contributed by atoms with E-state index in [1.165, 1.54) is 30.2 Å². The minimum atomic E-state index is -1.22. The summed E-state index contributed by atoms with van der Waals surface area (Å²) < 4.78 is 0. The summed E-state index contributed by atoms with van der Waals surface area (Å²) in [5.74, 6) is 5.91. The van der Waals surface area contributed by atoms with Crippen LogP contribution in [0.5, 0.6) is 0 Å². The standard InChI is InChI=1S/C18H24N2O2/c1-15(21)13-18(2,22)9-6-12-20-11-4-3-8-17(20)16-7-5-10-19-14-16/h5,7,10,14,17,22H,3-4,8,11-13H2,1-2H3/p+1/t17-,18-/m1/s1. The molecule has 0 amide bonds. The molecule has 118 valence electrons. The van der Waals surface area contributed by atoms with E-state index in [1.807, 2.05) is 12.3 Å². The van der Waals surface area contributed by atoms with Crippen LogP contribution in [0, 0.1) is 11.8 Å². The predicted molar refractivity (Wildman–Crippen MR) is 85.2 cm³/mol. The largest absolute Gasteiger partial charge is 0.377 e. The van der Waals surface area contributed by atoms with Crippen molar-refractivity contribution < 1.29 is 14.8 Å². The summed E-state index contributed by atoms with van der Waals surface area (Å²) in [6, 6.07) is 4.53. The molecule has 22 heavy (non-hydrogen) atoms. The van der Waals surface area contributed by atoms with Gasteiger partial charge >= 0.3 is 0 Å². The Kier molecular flexibility index (Phi) is 5.70. The molecule has 0 radical (unpaired) electrons. The molecule has 1 aliphatic heterocycles. The molecule has 2 N–H and O–H groups in total. The third-order valence-electron chi connectivity index (χ3n) is 4.09. The van der Waals surface area contributed by atoms with E-state index >= 15 is 0 Å². The lowest BCUT2D eigenvalue weighted by molar-refractivity contribution is -0.930. The van der Waals surface area contributed by atoms with Gasteiger partial charge in [0.25, 0.3) is 0 Å². The van der Waals surface area contributed by atoms with Gasteiger partial charge in [0.2, 0.25) is 0 Å². The summed E-state index contributed by atoms with van der Waals surface area (Å²) in [6.07, 6.45) is 7.41. The number of Topliss-reactive ketones (excluding diaryl/α,β-unsaturated/α-hetero) is 1. The minimum Gasteiger partial charge on any atom is -0.377 e. The molecule has 0 bridgehead atoms. The molecule has 2 rings (SSSR count). The number of carbonyl (C=O) groups excluding carboxylic acids is 1. The molecular weight excluding hydrogens is 276 g/mol. The fraction of sp³-hybridized carbons (Fsp3) is 0.556. The Bertz CT molecular complexity index is 557. The summed E-state index contributed by atoms with van der Waals surface area (Å²) >= 11 is 0. The highest BCUT2D eigenvalue weighted by molar-refractivity contribution is 5.77. The first kappa shape index (κ1) is 16.7. The van der Waals surface area contributed by atoms with E-state index in [-0.39, 0.29) is 12.2 Å². The first-order valence-corrected chi connectivity index (χ1v) is 7.94. The van der Waals surface area contributed by atoms with E-state index in [9.17, 15) is 9.90 Å². The van der Waals surface area contributed by atoms with Crippen molar-refractivity contribution in [2.24, 2.45) is 0 Å². The molecule has 1 aromatic heterocycles. The lowest BCUT2D eigenvalue weighted by atomic mass is 9.96. The van der Waals surface area contributed by atoms with Gasteiger partial charge < -0.3 is 10.0 Å². The maximum absolute atomic E-state index is 11.1. The van der Waals surface area contributed by atoms with Crippen molar-refractivity contribution in [1.82, 2.24) is 4.98 Å². The quantitative estimate of drug-likeness (QED) is 0.813. The second kappa shape index (κ2) is 7.53. The molecule has 0 aromatic carbocycles. The smallest absolute Gasteiger partial charge is 0.139 e. The van der Waals surface area contributed by atoms with E-state index in [0.29, 0.717) is 12.6 Å². The fourth-order valence-corrected chi connectivity index (χ4v) is 3.15. The number of hydrogen-bond donors (Lipinski definition) is 2. The Labute approximate surface area is 132 Å². The molecule has 1 saturated heterocycles. The molecule has 0 saturated carbocycles. The number of hydrogen-bond acceptors (Lipinski definition) is 3. The first-order chi connectivity index (χ1) is 10.5. The summed E-state index contributed by atoms with van der Waals surface area (Å²) in [5.41, 5.74) is 0.0414. The van der Waals surface area contributed by atoms with Crippen LogP contribution in [0.15, 0.2) is 24.5 Å². The van der Waals surface area contributed by atoms with Gasteiger partial charge in [-0.25, -0.2) is 0 Å². The van der Waals surface area contributed by atoms with Gasteiger partial charge in [0, 0.05) is 30.8 Å². The number of ketones is 1. The van der Waals surface area contributed by atoms with Gasteiger partial charge in [-0.3, -0.25) is 9.78 Å². The number of nitrogens with zero attached hydrogens (tertiary/aromatic N) is 1. The number of piperidine rings is 1. The van der Waals surface area contributed by atoms with E-state index in [4.69, 9.17) is 0 Å². The summed E-state index contributed by atoms with van der Waals surface area (Å²) in [4.78, 5) is 16.8. The maximum Gasteiger partial charge on any atom is 0.139 e. The van der Waals surface area contributed by atoms with Crippen molar-refractivity contribution in [3.8, 4) is 11.8 Å². The fourth-order valence-electron chi connectivity index (χ4n) is 3.15. The number of carbonyl (C=O) groups is 1. The third-order valence-corrected chi connectivity index (χ3v) is 4.09. The highest BCUT2D eigenvalue weighted by atomic mass is 16.3. The van der Waals surface area contributed by atoms with E-state index in [0.717, 1.165) is 13.0 Å². The molecule has 1 aromatic rings. The zero-order valence-corrected chi connectivity index (χ0v) is 13.4. The van der Waals surface area contributed by atoms with E-state index < -0.39 is 5.60 Å². The van der Waals surface area contributed by atoms with Crippen LogP contribution in [0.2, 0.25) is 0 Å².